The van der Waals surface area contributed by atoms with E-state index in [1.165, 1.54) is 35.3 Å². The van der Waals surface area contributed by atoms with Gasteiger partial charge < -0.3 is 5.32 Å². The number of hydrogen-bond acceptors (Lipinski definition) is 2. The Balaban J connectivity index is 0.00000210. The van der Waals surface area contributed by atoms with Crippen LogP contribution in [0.15, 0.2) is 60.3 Å². The number of hydrogen-bond donors (Lipinski definition) is 1. The molecule has 3 unspecified atom stereocenters. The van der Waals surface area contributed by atoms with Crippen molar-refractivity contribution in [3.63, 3.8) is 0 Å². The molecule has 1 fully saturated rings. The van der Waals surface area contributed by atoms with Crippen molar-refractivity contribution in [3.8, 4) is 0 Å². The predicted octanol–water partition coefficient (Wildman–Crippen LogP) is 5.81. The van der Waals surface area contributed by atoms with Gasteiger partial charge in [-0.3, -0.25) is 16.1 Å². The molecule has 0 bridgehead atoms. The van der Waals surface area contributed by atoms with E-state index in [0.717, 1.165) is 23.4 Å². The molecule has 4 rings (SSSR count). The van der Waals surface area contributed by atoms with E-state index >= 15 is 0 Å². The van der Waals surface area contributed by atoms with Gasteiger partial charge in [-0.2, -0.15) is 11.6 Å². The third-order valence-corrected chi connectivity index (χ3v) is 6.42. The van der Waals surface area contributed by atoms with Crippen LogP contribution in [0.4, 0.5) is 0 Å². The van der Waals surface area contributed by atoms with E-state index < -0.39 is 0 Å². The molecule has 2 nitrogen and oxygen atoms in total. The summed E-state index contributed by atoms with van der Waals surface area (Å²) in [5.41, 5.74) is 3.48. The van der Waals surface area contributed by atoms with Gasteiger partial charge in [0, 0.05) is 47.4 Å². The average molecular weight is 503 g/mol. The zero-order valence-corrected chi connectivity index (χ0v) is 19.5. The number of benzene rings is 1. The Labute approximate surface area is 199 Å². The summed E-state index contributed by atoms with van der Waals surface area (Å²) in [6.45, 7) is 2.18. The Hall–Kier alpha value is -0.753. The van der Waals surface area contributed by atoms with Crippen molar-refractivity contribution in [1.29, 1.82) is 0 Å². The number of thiophene rings is 1. The molecule has 1 heterocycles. The molecule has 0 radical (unpaired) electrons. The predicted molar refractivity (Wildman–Crippen MR) is 107 cm³/mol. The molecular formula is C23H24CeNOS-. The minimum Gasteiger partial charge on any atom is -0.333 e. The largest absolute Gasteiger partial charge is 0.333 e. The van der Waals surface area contributed by atoms with Gasteiger partial charge in [0.1, 0.15) is 0 Å². The van der Waals surface area contributed by atoms with Crippen LogP contribution in [-0.2, 0) is 0 Å². The van der Waals surface area contributed by atoms with E-state index in [2.05, 4.69) is 60.1 Å². The van der Waals surface area contributed by atoms with Gasteiger partial charge in [-0.1, -0.05) is 73.0 Å². The summed E-state index contributed by atoms with van der Waals surface area (Å²) < 4.78 is 0. The van der Waals surface area contributed by atoms with Crippen molar-refractivity contribution in [2.75, 3.05) is 0 Å². The maximum atomic E-state index is 12.9. The number of nitrogens with one attached hydrogen (secondary N) is 1. The summed E-state index contributed by atoms with van der Waals surface area (Å²) >= 11 is 1.44. The Morgan fingerprint density at radius 1 is 1.19 bits per heavy atom. The summed E-state index contributed by atoms with van der Waals surface area (Å²) in [5, 5.41) is 6.30. The molecule has 1 N–H and O–H groups in total. The molecule has 1 aromatic heterocycles. The number of rotatable bonds is 4. The Kier molecular flexibility index (Phi) is 7.48. The van der Waals surface area contributed by atoms with Crippen molar-refractivity contribution < 1.29 is 46.5 Å². The second-order valence-electron chi connectivity index (χ2n) is 7.39. The number of carbonyl (C=O) groups excluding carboxylic acids is 1. The zero-order chi connectivity index (χ0) is 17.9. The molecule has 2 aliphatic rings. The van der Waals surface area contributed by atoms with Gasteiger partial charge >= 0.3 is 0 Å². The molecule has 2 aliphatic carbocycles. The van der Waals surface area contributed by atoms with Crippen molar-refractivity contribution >= 4 is 17.2 Å². The molecule has 4 heteroatoms. The smallest absolute Gasteiger partial charge is 0.198 e. The number of allylic oxidation sites excluding steroid dienone is 3. The first-order chi connectivity index (χ1) is 12.7. The summed E-state index contributed by atoms with van der Waals surface area (Å²) in [6, 6.07) is 12.8. The van der Waals surface area contributed by atoms with E-state index in [-0.39, 0.29) is 47.7 Å². The van der Waals surface area contributed by atoms with Crippen LogP contribution in [0.3, 0.4) is 0 Å². The molecule has 0 aliphatic heterocycles. The summed E-state index contributed by atoms with van der Waals surface area (Å²) in [6.07, 6.45) is 10.8. The molecule has 1 saturated carbocycles. The average Bonchev–Trinajstić information content (AvgIpc) is 3.33. The fourth-order valence-corrected chi connectivity index (χ4v) is 4.94. The minimum absolute atomic E-state index is 0. The van der Waals surface area contributed by atoms with E-state index in [9.17, 15) is 4.79 Å². The standard InChI is InChI=1S/C23H24NOS.Ce/c1-16-10-12-18(13-11-16)24-23(25)22-21(14-15-26-22)20-9-5-8-19(20)17-6-3-2-4-7-17;/h2-4,6-7,10,12-14,16,19-20H,5,8-9,11H2,1H3,(H,24,25);/q-1;. The van der Waals surface area contributed by atoms with Crippen molar-refractivity contribution in [3.05, 3.63) is 81.7 Å². The minimum atomic E-state index is 0. The molecule has 138 valence electrons. The molecule has 1 amide bonds. The van der Waals surface area contributed by atoms with Crippen LogP contribution < -0.4 is 5.32 Å². The topological polar surface area (TPSA) is 29.1 Å². The third-order valence-electron chi connectivity index (χ3n) is 5.56. The molecule has 2 aromatic rings. The first-order valence-corrected chi connectivity index (χ1v) is 10.3. The fraction of sp³-hybridized carbons (Fsp3) is 0.348. The molecule has 27 heavy (non-hydrogen) atoms. The van der Waals surface area contributed by atoms with Crippen molar-refractivity contribution in [2.24, 2.45) is 5.92 Å². The first-order valence-electron chi connectivity index (χ1n) is 9.47. The molecule has 0 saturated heterocycles. The van der Waals surface area contributed by atoms with Gasteiger partial charge in [0.2, 0.25) is 0 Å². The van der Waals surface area contributed by atoms with E-state index in [1.807, 2.05) is 12.1 Å². The monoisotopic (exact) mass is 502 g/mol. The normalized spacial score (nSPS) is 24.2. The van der Waals surface area contributed by atoms with Gasteiger partial charge in [0.15, 0.2) is 5.91 Å². The maximum absolute atomic E-state index is 12.9. The number of carbonyl (C=O) groups is 1. The van der Waals surface area contributed by atoms with Crippen molar-refractivity contribution in [2.45, 2.75) is 44.4 Å². The summed E-state index contributed by atoms with van der Waals surface area (Å²) in [5.74, 6) is 1.47. The van der Waals surface area contributed by atoms with Crippen LogP contribution in [0.1, 0.15) is 65.2 Å². The maximum Gasteiger partial charge on any atom is 0.198 e. The quantitative estimate of drug-likeness (QED) is 0.526. The molecule has 0 spiro atoms. The number of amides is 1. The fourth-order valence-electron chi connectivity index (χ4n) is 4.17. The zero-order valence-electron chi connectivity index (χ0n) is 15.6. The van der Waals surface area contributed by atoms with Crippen LogP contribution in [0.5, 0.6) is 0 Å². The summed E-state index contributed by atoms with van der Waals surface area (Å²) in [4.78, 5) is 13.7. The molecular weight excluding hydrogens is 478 g/mol. The van der Waals surface area contributed by atoms with Gasteiger partial charge in [-0.15, -0.1) is 5.38 Å². The van der Waals surface area contributed by atoms with Crippen LogP contribution >= 0.6 is 11.3 Å². The van der Waals surface area contributed by atoms with Crippen LogP contribution in [0, 0.1) is 53.0 Å². The van der Waals surface area contributed by atoms with Crippen LogP contribution in [0.2, 0.25) is 0 Å². The Morgan fingerprint density at radius 2 is 1.96 bits per heavy atom. The van der Waals surface area contributed by atoms with Crippen LogP contribution in [0.25, 0.3) is 0 Å². The van der Waals surface area contributed by atoms with Gasteiger partial charge in [0.05, 0.1) is 0 Å². The Morgan fingerprint density at radius 3 is 2.70 bits per heavy atom. The molecule has 3 atom stereocenters. The van der Waals surface area contributed by atoms with E-state index in [1.54, 1.807) is 0 Å². The first kappa shape index (κ1) is 21.0. The summed E-state index contributed by atoms with van der Waals surface area (Å²) in [7, 11) is 0. The van der Waals surface area contributed by atoms with E-state index in [4.69, 9.17) is 0 Å². The SMILES string of the molecule is CC1C=CC(NC(=O)c2s[c-]cc2C2CCCC2c2ccccc2)=CC1.[Ce]. The van der Waals surface area contributed by atoms with Gasteiger partial charge in [0.25, 0.3) is 0 Å². The molecule has 1 aromatic carbocycles. The third kappa shape index (κ3) is 4.81. The second kappa shape index (κ2) is 9.64. The van der Waals surface area contributed by atoms with Gasteiger partial charge in [-0.25, -0.2) is 0 Å². The van der Waals surface area contributed by atoms with Crippen LogP contribution in [-0.4, -0.2) is 5.91 Å². The Bertz CT molecular complexity index is 839. The van der Waals surface area contributed by atoms with Crippen molar-refractivity contribution in [1.82, 2.24) is 5.32 Å². The second-order valence-corrected chi connectivity index (χ2v) is 8.24. The van der Waals surface area contributed by atoms with Gasteiger partial charge in [-0.05, 0) is 36.3 Å². The van der Waals surface area contributed by atoms with E-state index in [0.29, 0.717) is 17.8 Å².